The van der Waals surface area contributed by atoms with Crippen LogP contribution in [0.3, 0.4) is 0 Å². The van der Waals surface area contributed by atoms with Gasteiger partial charge in [-0.05, 0) is 6.92 Å². The Kier molecular flexibility index (Phi) is 1.65. The molecule has 0 radical (unpaired) electrons. The fourth-order valence-electron chi connectivity index (χ4n) is 0.962. The van der Waals surface area contributed by atoms with E-state index < -0.39 is 0 Å². The molecule has 0 N–H and O–H groups in total. The maximum absolute atomic E-state index is 5.81. The molecule has 0 fully saturated rings. The van der Waals surface area contributed by atoms with Crippen LogP contribution in [0.25, 0.3) is 5.78 Å². The molecule has 64 valence electrons. The van der Waals surface area contributed by atoms with Gasteiger partial charge < -0.3 is 4.84 Å². The Hall–Kier alpha value is -1.23. The largest absolute Gasteiger partial charge is 0.397 e. The van der Waals surface area contributed by atoms with Gasteiger partial charge in [-0.15, -0.1) is 4.85 Å². The van der Waals surface area contributed by atoms with E-state index in [1.807, 2.05) is 6.92 Å². The van der Waals surface area contributed by atoms with E-state index in [-0.39, 0.29) is 0 Å². The summed E-state index contributed by atoms with van der Waals surface area (Å²) in [6.45, 7) is 2.44. The Morgan fingerprint density at radius 2 is 2.42 bits per heavy atom. The number of rotatable bonds is 2. The molecule has 0 unspecified atom stereocenters. The monoisotopic (exact) mass is 186 g/mol. The molecule has 0 aliphatic carbocycles. The third kappa shape index (κ3) is 0.937. The van der Waals surface area contributed by atoms with E-state index >= 15 is 0 Å². The van der Waals surface area contributed by atoms with Gasteiger partial charge in [0.2, 0.25) is 0 Å². The van der Waals surface area contributed by atoms with E-state index in [2.05, 4.69) is 9.97 Å². The third-order valence-electron chi connectivity index (χ3n) is 1.41. The number of aromatic nitrogens is 4. The van der Waals surface area contributed by atoms with Gasteiger partial charge in [0.1, 0.15) is 6.61 Å². The van der Waals surface area contributed by atoms with Crippen LogP contribution in [0.5, 0.6) is 0 Å². The van der Waals surface area contributed by atoms with Crippen molar-refractivity contribution in [1.29, 1.82) is 0 Å². The molecule has 2 aromatic heterocycles. The highest BCUT2D eigenvalue weighted by molar-refractivity contribution is 6.29. The Morgan fingerprint density at radius 1 is 1.58 bits per heavy atom. The van der Waals surface area contributed by atoms with Crippen LogP contribution in [0.2, 0.25) is 5.15 Å². The van der Waals surface area contributed by atoms with Crippen molar-refractivity contribution < 1.29 is 4.84 Å². The summed E-state index contributed by atoms with van der Waals surface area (Å²) in [6, 6.07) is 0. The molecule has 2 heterocycles. The van der Waals surface area contributed by atoms with E-state index in [0.29, 0.717) is 17.5 Å². The summed E-state index contributed by atoms with van der Waals surface area (Å²) in [5, 5.41) is 0.482. The lowest BCUT2D eigenvalue weighted by atomic mass is 10.9. The Labute approximate surface area is 73.5 Å². The van der Waals surface area contributed by atoms with Crippen LogP contribution < -0.4 is 4.84 Å². The lowest BCUT2D eigenvalue weighted by Gasteiger charge is -2.02. The number of imidazole rings is 1. The molecule has 12 heavy (non-hydrogen) atoms. The zero-order valence-electron chi connectivity index (χ0n) is 6.44. The van der Waals surface area contributed by atoms with Crippen molar-refractivity contribution in [3.63, 3.8) is 0 Å². The van der Waals surface area contributed by atoms with Crippen LogP contribution in [0, 0.1) is 0 Å². The van der Waals surface area contributed by atoms with Gasteiger partial charge in [0.05, 0.1) is 6.20 Å². The van der Waals surface area contributed by atoms with Gasteiger partial charge in [0.25, 0.3) is 5.78 Å². The highest BCUT2D eigenvalue weighted by Gasteiger charge is 2.06. The lowest BCUT2D eigenvalue weighted by Crippen LogP contribution is -2.14. The predicted octanol–water partition coefficient (Wildman–Crippen LogP) is 0.633. The summed E-state index contributed by atoms with van der Waals surface area (Å²) in [6.07, 6.45) is 3.05. The van der Waals surface area contributed by atoms with Crippen LogP contribution >= 0.6 is 11.6 Å². The smallest absolute Gasteiger partial charge is 0.254 e. The summed E-state index contributed by atoms with van der Waals surface area (Å²) in [7, 11) is 0. The highest BCUT2D eigenvalue weighted by Crippen LogP contribution is 2.08. The predicted molar refractivity (Wildman–Crippen MR) is 43.1 cm³/mol. The normalized spacial score (nSPS) is 10.8. The maximum Gasteiger partial charge on any atom is 0.254 e. The molecule has 0 aromatic carbocycles. The number of hydrogen-bond acceptors (Lipinski definition) is 3. The van der Waals surface area contributed by atoms with E-state index in [0.717, 1.165) is 0 Å². The molecule has 0 atom stereocenters. The molecule has 2 aromatic rings. The van der Waals surface area contributed by atoms with Crippen LogP contribution in [0.4, 0.5) is 0 Å². The first-order valence-electron chi connectivity index (χ1n) is 3.53. The minimum atomic E-state index is 0.482. The Balaban J connectivity index is 2.59. The first-order chi connectivity index (χ1) is 5.83. The van der Waals surface area contributed by atoms with Gasteiger partial charge in [-0.3, -0.25) is 0 Å². The number of hydrogen-bond donors (Lipinski definition) is 0. The molecule has 0 aliphatic heterocycles. The summed E-state index contributed by atoms with van der Waals surface area (Å²) >= 11 is 5.81. The van der Waals surface area contributed by atoms with Crippen molar-refractivity contribution in [3.8, 4) is 0 Å². The molecule has 0 bridgehead atoms. The van der Waals surface area contributed by atoms with Crippen LogP contribution in [0.15, 0.2) is 12.5 Å². The molecule has 5 nitrogen and oxygen atoms in total. The molecular weight excluding hydrogens is 180 g/mol. The van der Waals surface area contributed by atoms with Crippen molar-refractivity contribution in [2.45, 2.75) is 6.92 Å². The topological polar surface area (TPSA) is 44.3 Å². The summed E-state index contributed by atoms with van der Waals surface area (Å²) in [5.74, 6) is 0.536. The summed E-state index contributed by atoms with van der Waals surface area (Å²) in [4.78, 5) is 14.5. The Morgan fingerprint density at radius 3 is 3.17 bits per heavy atom. The second-order valence-electron chi connectivity index (χ2n) is 2.16. The van der Waals surface area contributed by atoms with Crippen molar-refractivity contribution >= 4 is 17.4 Å². The van der Waals surface area contributed by atoms with E-state index in [1.54, 1.807) is 4.52 Å². The van der Waals surface area contributed by atoms with Crippen molar-refractivity contribution in [2.24, 2.45) is 0 Å². The molecule has 6 heteroatoms. The van der Waals surface area contributed by atoms with Crippen molar-refractivity contribution in [2.75, 3.05) is 6.61 Å². The quantitative estimate of drug-likeness (QED) is 0.691. The Bertz CT molecular complexity index is 393. The zero-order valence-corrected chi connectivity index (χ0v) is 7.19. The van der Waals surface area contributed by atoms with Crippen molar-refractivity contribution in [3.05, 3.63) is 17.7 Å². The van der Waals surface area contributed by atoms with E-state index in [9.17, 15) is 0 Å². The minimum Gasteiger partial charge on any atom is -0.397 e. The van der Waals surface area contributed by atoms with Gasteiger partial charge >= 0.3 is 0 Å². The molecule has 0 saturated heterocycles. The van der Waals surface area contributed by atoms with Crippen LogP contribution in [0.1, 0.15) is 6.92 Å². The molecule has 0 aliphatic rings. The van der Waals surface area contributed by atoms with Gasteiger partial charge in [-0.2, -0.15) is 9.50 Å². The summed E-state index contributed by atoms with van der Waals surface area (Å²) in [5.41, 5.74) is 0. The molecule has 0 amide bonds. The second kappa shape index (κ2) is 2.67. The first-order valence-corrected chi connectivity index (χ1v) is 3.90. The standard InChI is InChI=1S/C6H7ClN4O/c1-2-12-10-4-9-6-8-3-5(7)11(6)10/h3-4H,2H2,1H3. The van der Waals surface area contributed by atoms with Gasteiger partial charge in [0, 0.05) is 0 Å². The van der Waals surface area contributed by atoms with Crippen molar-refractivity contribution in [1.82, 2.24) is 19.3 Å². The molecular formula is C6H7ClN4O. The third-order valence-corrected chi connectivity index (χ3v) is 1.67. The maximum atomic E-state index is 5.81. The average molecular weight is 187 g/mol. The lowest BCUT2D eigenvalue weighted by molar-refractivity contribution is 0.0834. The summed E-state index contributed by atoms with van der Waals surface area (Å²) < 4.78 is 1.57. The zero-order chi connectivity index (χ0) is 8.55. The molecule has 0 saturated carbocycles. The average Bonchev–Trinajstić information content (AvgIpc) is 2.58. The molecule has 0 spiro atoms. The second-order valence-corrected chi connectivity index (χ2v) is 2.54. The number of halogens is 1. The minimum absolute atomic E-state index is 0.482. The van der Waals surface area contributed by atoms with Gasteiger partial charge in [-0.1, -0.05) is 11.6 Å². The van der Waals surface area contributed by atoms with Gasteiger partial charge in [-0.25, -0.2) is 4.98 Å². The number of fused-ring (bicyclic) bond motifs is 1. The van der Waals surface area contributed by atoms with Crippen LogP contribution in [-0.2, 0) is 0 Å². The highest BCUT2D eigenvalue weighted by atomic mass is 35.5. The van der Waals surface area contributed by atoms with Gasteiger partial charge in [0.15, 0.2) is 11.5 Å². The van der Waals surface area contributed by atoms with E-state index in [1.165, 1.54) is 17.4 Å². The van der Waals surface area contributed by atoms with E-state index in [4.69, 9.17) is 16.4 Å². The fraction of sp³-hybridized carbons (Fsp3) is 0.333. The SMILES string of the molecule is CCOn1cnc2ncc(Cl)n21. The first kappa shape index (κ1) is 7.42. The van der Waals surface area contributed by atoms with Crippen LogP contribution in [-0.4, -0.2) is 25.9 Å². The fourth-order valence-corrected chi connectivity index (χ4v) is 1.16. The molecule has 2 rings (SSSR count). The number of nitrogens with zero attached hydrogens (tertiary/aromatic N) is 4.